The van der Waals surface area contributed by atoms with Crippen LogP contribution in [0.25, 0.3) is 0 Å². The molecular weight excluding hydrogens is 878 g/mol. The third kappa shape index (κ3) is 8.50. The summed E-state index contributed by atoms with van der Waals surface area (Å²) in [6, 6.07) is 8.27. The van der Waals surface area contributed by atoms with Crippen LogP contribution < -0.4 is 0 Å². The van der Waals surface area contributed by atoms with E-state index in [0.717, 1.165) is 36.2 Å². The summed E-state index contributed by atoms with van der Waals surface area (Å²) >= 11 is 5.03. The highest BCUT2D eigenvalue weighted by Gasteiger charge is 2.60. The number of phenols is 2. The minimum atomic E-state index is -4.41. The summed E-state index contributed by atoms with van der Waals surface area (Å²) in [5.41, 5.74) is 0.962. The number of carbonyl (C=O) groups excluding carboxylic acids is 3. The van der Waals surface area contributed by atoms with Gasteiger partial charge in [-0.15, -0.1) is 11.8 Å². The van der Waals surface area contributed by atoms with Crippen molar-refractivity contribution in [2.24, 2.45) is 17.3 Å². The van der Waals surface area contributed by atoms with Crippen LogP contribution in [0.5, 0.6) is 11.5 Å². The Labute approximate surface area is 385 Å². The van der Waals surface area contributed by atoms with Gasteiger partial charge in [-0.1, -0.05) is 36.8 Å². The second-order valence-corrected chi connectivity index (χ2v) is 18.3. The highest BCUT2D eigenvalue weighted by atomic mass is 32.2. The second-order valence-electron chi connectivity index (χ2n) is 16.8. The molecule has 0 amide bonds. The fourth-order valence-electron chi connectivity index (χ4n) is 10.7. The van der Waals surface area contributed by atoms with Gasteiger partial charge in [0.25, 0.3) is 0 Å². The number of likely N-dealkylation sites (N-methyl/N-ethyl adjacent to an activating group) is 2. The van der Waals surface area contributed by atoms with Gasteiger partial charge in [0.1, 0.15) is 0 Å². The first-order valence-electron chi connectivity index (χ1n) is 20.8. The number of benzene rings is 2. The molecule has 65 heavy (non-hydrogen) atoms. The van der Waals surface area contributed by atoms with Gasteiger partial charge in [-0.3, -0.25) is 19.3 Å². The summed E-state index contributed by atoms with van der Waals surface area (Å²) in [6.45, 7) is 3.22. The number of aliphatic hydroxyl groups excluding tert-OH is 1. The number of alkyl halides is 3. The predicted octanol–water partition coefficient (Wildman–Crippen LogP) is 7.62. The molecule has 7 aliphatic rings. The smallest absolute Gasteiger partial charge is 0.416 e. The zero-order chi connectivity index (χ0) is 47.0. The largest absolute Gasteiger partial charge is 0.504 e. The summed E-state index contributed by atoms with van der Waals surface area (Å²) in [5.74, 6) is 11.8. The Hall–Kier alpha value is -5.76. The summed E-state index contributed by atoms with van der Waals surface area (Å²) in [6.07, 6.45) is 6.36. The van der Waals surface area contributed by atoms with Crippen LogP contribution in [-0.2, 0) is 35.4 Å². The molecule has 9 rings (SSSR count). The van der Waals surface area contributed by atoms with E-state index in [2.05, 4.69) is 70.4 Å². The molecule has 4 bridgehead atoms. The number of piperidine rings is 2. The Morgan fingerprint density at radius 2 is 1.42 bits per heavy atom. The highest BCUT2D eigenvalue weighted by Crippen LogP contribution is 2.63. The van der Waals surface area contributed by atoms with E-state index in [4.69, 9.17) is 9.47 Å². The van der Waals surface area contributed by atoms with E-state index in [1.807, 2.05) is 19.2 Å². The van der Waals surface area contributed by atoms with Gasteiger partial charge >= 0.3 is 6.18 Å². The number of carbonyl (C=O) groups is 3. The number of ether oxygens (including phenoxy) is 2. The third-order valence-electron chi connectivity index (χ3n) is 13.6. The van der Waals surface area contributed by atoms with Crippen LogP contribution in [0.4, 0.5) is 13.2 Å². The van der Waals surface area contributed by atoms with E-state index in [-0.39, 0.29) is 82.4 Å². The standard InChI is InChI=1S/C25H24F3NO4S.C18H19NO4.C7H4S/c1-29-10-9-24-12-18(31)19(33-2)11-16(24)21(29)23(15-7-8-17(30)22(32)20(15)24)34-14-5-3-13(4-6-14)25(26,27)28;1-19-6-5-18-9-14(21)15(23-2)8-11(18)12(19)7-10-3-4-13(20)17(22)16(10)18;1-2-3-4-5-6-7-8/h3-8,11,16,21,23,30,32H,9-10,12H2,1-2H3;3-4,7-8,11-12,22H,5-6,9H2,1-2H3;8H,1H3/t16?,21-,23-,24-;11?,12-,18+;/m10./s1. The van der Waals surface area contributed by atoms with Crippen LogP contribution >= 0.6 is 24.4 Å². The van der Waals surface area contributed by atoms with Crippen molar-refractivity contribution in [1.29, 1.82) is 0 Å². The Morgan fingerprint density at radius 1 is 0.800 bits per heavy atom. The first-order valence-corrected chi connectivity index (χ1v) is 22.1. The monoisotopic (exact) mass is 924 g/mol. The predicted molar refractivity (Wildman–Crippen MR) is 242 cm³/mol. The van der Waals surface area contributed by atoms with Gasteiger partial charge in [-0.25, -0.2) is 0 Å². The molecule has 2 aliphatic heterocycles. The molecule has 0 saturated carbocycles. The van der Waals surface area contributed by atoms with E-state index >= 15 is 0 Å². The molecule has 338 valence electrons. The molecule has 2 saturated heterocycles. The van der Waals surface area contributed by atoms with Crippen molar-refractivity contribution in [2.45, 2.75) is 66.4 Å². The number of hydrogen-bond donors (Lipinski definition) is 4. The fraction of sp³-hybridized carbons (Fsp3) is 0.380. The molecule has 0 aromatic heterocycles. The topological polar surface area (TPSA) is 137 Å². The fourth-order valence-corrected chi connectivity index (χ4v) is 12.2. The number of Topliss-reactive ketones (excluding diaryl/α,β-unsaturated/α-hetero) is 2. The summed E-state index contributed by atoms with van der Waals surface area (Å²) in [5, 5.41) is 33.9. The molecule has 3 N–H and O–H groups in total. The van der Waals surface area contributed by atoms with Crippen LogP contribution in [0.3, 0.4) is 0 Å². The van der Waals surface area contributed by atoms with E-state index in [9.17, 15) is 42.9 Å². The van der Waals surface area contributed by atoms with Gasteiger partial charge in [0, 0.05) is 63.6 Å². The number of halogens is 3. The Bertz CT molecular complexity index is 2650. The lowest BCUT2D eigenvalue weighted by Gasteiger charge is -2.58. The van der Waals surface area contributed by atoms with E-state index < -0.39 is 22.6 Å². The number of allylic oxidation sites excluding steroid dienone is 6. The number of aliphatic hydroxyl groups is 1. The third-order valence-corrected chi connectivity index (χ3v) is 15.0. The number of methoxy groups -OCH3 is 2. The Morgan fingerprint density at radius 3 is 2.05 bits per heavy atom. The van der Waals surface area contributed by atoms with Crippen LogP contribution in [0, 0.1) is 52.1 Å². The molecule has 0 spiro atoms. The first-order chi connectivity index (χ1) is 31.0. The van der Waals surface area contributed by atoms with Crippen LogP contribution in [0.15, 0.2) is 100 Å². The zero-order valence-corrected chi connectivity index (χ0v) is 38.0. The molecule has 2 fully saturated rings. The number of rotatable bonds is 4. The maximum Gasteiger partial charge on any atom is 0.416 e. The molecule has 0 radical (unpaired) electrons. The number of nitrogens with zero attached hydrogens (tertiary/aromatic N) is 2. The molecule has 5 aliphatic carbocycles. The Balaban J connectivity index is 0.000000175. The SMILES string of the molecule is CC#CC#CC#CS.COC1=CC2[C@@H]3C=C4C=CC(=O)C(O)=C4[C@]2(CCN3C)CC1=O.COC1=CC2[C@@H]3[C@H](Sc4ccc(C(F)(F)F)cc4)c4ccc(O)c(O)c4[C@]2(CCN3C)CC1=O. The number of hydrogen-bond acceptors (Lipinski definition) is 12. The molecule has 2 aromatic rings. The zero-order valence-electron chi connectivity index (χ0n) is 36.2. The summed E-state index contributed by atoms with van der Waals surface area (Å²) < 4.78 is 49.8. The lowest BCUT2D eigenvalue weighted by atomic mass is 9.53. The number of likely N-dealkylation sites (tertiary alicyclic amines) is 2. The van der Waals surface area contributed by atoms with E-state index in [1.54, 1.807) is 19.1 Å². The summed E-state index contributed by atoms with van der Waals surface area (Å²) in [4.78, 5) is 42.5. The molecule has 2 aromatic carbocycles. The van der Waals surface area contributed by atoms with Crippen molar-refractivity contribution < 1.29 is 52.3 Å². The van der Waals surface area contributed by atoms with Gasteiger partial charge in [0.05, 0.1) is 25.0 Å². The number of fused-ring (bicyclic) bond motifs is 2. The van der Waals surface area contributed by atoms with E-state index in [1.165, 1.54) is 50.3 Å². The molecule has 15 heteroatoms. The van der Waals surface area contributed by atoms with Gasteiger partial charge in [-0.05, 0) is 136 Å². The summed E-state index contributed by atoms with van der Waals surface area (Å²) in [7, 11) is 7.02. The van der Waals surface area contributed by atoms with Crippen molar-refractivity contribution in [3.8, 4) is 46.4 Å². The number of thioether (sulfide) groups is 1. The number of aromatic hydroxyl groups is 2. The maximum absolute atomic E-state index is 13.1. The van der Waals surface area contributed by atoms with Crippen molar-refractivity contribution in [3.63, 3.8) is 0 Å². The molecule has 2 heterocycles. The average molecular weight is 925 g/mol. The van der Waals surface area contributed by atoms with Gasteiger partial charge in [0.2, 0.25) is 5.78 Å². The van der Waals surface area contributed by atoms with Gasteiger partial charge in [0.15, 0.2) is 40.3 Å². The van der Waals surface area contributed by atoms with Crippen molar-refractivity contribution in [3.05, 3.63) is 112 Å². The van der Waals surface area contributed by atoms with E-state index in [0.29, 0.717) is 34.8 Å². The van der Waals surface area contributed by atoms with Crippen molar-refractivity contribution in [1.82, 2.24) is 9.80 Å². The van der Waals surface area contributed by atoms with Gasteiger partial charge < -0.3 is 29.7 Å². The van der Waals surface area contributed by atoms with Crippen LogP contribution in [0.2, 0.25) is 0 Å². The van der Waals surface area contributed by atoms with Crippen molar-refractivity contribution in [2.75, 3.05) is 41.4 Å². The van der Waals surface area contributed by atoms with Crippen LogP contribution in [-0.4, -0.2) is 96.0 Å². The lowest BCUT2D eigenvalue weighted by molar-refractivity contribution is -0.137. The molecular formula is C50H47F3N2O8S2. The molecule has 7 atom stereocenters. The maximum atomic E-state index is 13.1. The number of thiol groups is 1. The minimum Gasteiger partial charge on any atom is -0.504 e. The minimum absolute atomic E-state index is 0.0223. The van der Waals surface area contributed by atoms with Crippen molar-refractivity contribution >= 4 is 41.7 Å². The average Bonchev–Trinajstić information content (AvgIpc) is 3.27. The Kier molecular flexibility index (Phi) is 13.5. The first kappa shape index (κ1) is 47.2. The highest BCUT2D eigenvalue weighted by molar-refractivity contribution is 7.99. The number of ketones is 3. The second kappa shape index (κ2) is 18.6. The van der Waals surface area contributed by atoms with Gasteiger partial charge in [-0.2, -0.15) is 13.2 Å². The lowest BCUT2D eigenvalue weighted by Crippen LogP contribution is -2.61. The quantitative estimate of drug-likeness (QED) is 0.137. The van der Waals surface area contributed by atoms with Crippen LogP contribution in [0.1, 0.15) is 54.5 Å². The molecule has 2 unspecified atom stereocenters. The normalized spacial score (nSPS) is 28.3. The number of phenolic OH excluding ortho intramolecular Hbond substituents is 2. The molecule has 10 nitrogen and oxygen atoms in total.